The number of anilines is 1. The van der Waals surface area contributed by atoms with Gasteiger partial charge in [-0.3, -0.25) is 14.4 Å². The fraction of sp³-hybridized carbons (Fsp3) is 0.455. The van der Waals surface area contributed by atoms with Gasteiger partial charge < -0.3 is 10.2 Å². The highest BCUT2D eigenvalue weighted by atomic mass is 16.2. The van der Waals surface area contributed by atoms with Crippen LogP contribution in [-0.2, 0) is 14.4 Å². The van der Waals surface area contributed by atoms with E-state index >= 15 is 0 Å². The molecule has 28 heavy (non-hydrogen) atoms. The number of ketones is 1. The number of nitrogens with one attached hydrogen (secondary N) is 1. The van der Waals surface area contributed by atoms with E-state index in [1.165, 1.54) is 12.5 Å². The summed E-state index contributed by atoms with van der Waals surface area (Å²) in [5, 5.41) is 12.1. The third-order valence-electron chi connectivity index (χ3n) is 5.35. The third-order valence-corrected chi connectivity index (χ3v) is 5.35. The van der Waals surface area contributed by atoms with Crippen molar-refractivity contribution >= 4 is 29.4 Å². The number of rotatable bonds is 6. The van der Waals surface area contributed by atoms with Gasteiger partial charge in [-0.1, -0.05) is 37.5 Å². The van der Waals surface area contributed by atoms with Crippen LogP contribution in [0.15, 0.2) is 30.3 Å². The fourth-order valence-corrected chi connectivity index (χ4v) is 3.74. The lowest BCUT2D eigenvalue weighted by Gasteiger charge is -2.23. The summed E-state index contributed by atoms with van der Waals surface area (Å²) >= 11 is 0. The number of benzene rings is 1. The quantitative estimate of drug-likeness (QED) is 0.608. The van der Waals surface area contributed by atoms with Crippen LogP contribution in [0.5, 0.6) is 0 Å². The van der Waals surface area contributed by atoms with Gasteiger partial charge in [-0.2, -0.15) is 5.26 Å². The van der Waals surface area contributed by atoms with Gasteiger partial charge in [0, 0.05) is 24.7 Å². The first kappa shape index (κ1) is 19.8. The van der Waals surface area contributed by atoms with Gasteiger partial charge in [0.1, 0.15) is 0 Å². The number of nitriles is 1. The molecule has 6 nitrogen and oxygen atoms in total. The van der Waals surface area contributed by atoms with Crippen molar-refractivity contribution in [2.75, 3.05) is 11.4 Å². The van der Waals surface area contributed by atoms with Crippen molar-refractivity contribution in [1.29, 1.82) is 5.26 Å². The molecule has 1 aliphatic heterocycles. The van der Waals surface area contributed by atoms with Crippen molar-refractivity contribution < 1.29 is 14.4 Å². The van der Waals surface area contributed by atoms with Crippen LogP contribution in [0, 0.1) is 17.2 Å². The Morgan fingerprint density at radius 1 is 1.14 bits per heavy atom. The van der Waals surface area contributed by atoms with Crippen molar-refractivity contribution in [2.45, 2.75) is 51.0 Å². The fourth-order valence-electron chi connectivity index (χ4n) is 3.74. The number of hydrogen-bond acceptors (Lipinski definition) is 4. The molecule has 0 radical (unpaired) electrons. The highest BCUT2D eigenvalue weighted by Gasteiger charge is 2.27. The molecule has 0 bridgehead atoms. The molecule has 146 valence electrons. The van der Waals surface area contributed by atoms with Crippen molar-refractivity contribution in [3.63, 3.8) is 0 Å². The van der Waals surface area contributed by atoms with Gasteiger partial charge in [0.15, 0.2) is 11.7 Å². The summed E-state index contributed by atoms with van der Waals surface area (Å²) in [6.45, 7) is 0.729. The standard InChI is InChI=1S/C22H25N3O3/c23-15-19(22(28)24-17-5-2-1-3-6-17)20(26)13-10-16-8-11-18(12-9-16)25-14-4-7-21(25)27/h8-13,17,19H,1-7,14H2,(H,24,28)/b13-10+. The summed E-state index contributed by atoms with van der Waals surface area (Å²) in [5.74, 6) is -2.22. The number of carbonyl (C=O) groups excluding carboxylic acids is 3. The summed E-state index contributed by atoms with van der Waals surface area (Å²) in [4.78, 5) is 38.2. The van der Waals surface area contributed by atoms with E-state index in [4.69, 9.17) is 0 Å². The Morgan fingerprint density at radius 3 is 2.46 bits per heavy atom. The second kappa shape index (κ2) is 9.32. The first-order valence-corrected chi connectivity index (χ1v) is 9.91. The average Bonchev–Trinajstić information content (AvgIpc) is 3.14. The van der Waals surface area contributed by atoms with E-state index in [0.29, 0.717) is 6.42 Å². The van der Waals surface area contributed by atoms with E-state index in [1.54, 1.807) is 11.0 Å². The minimum absolute atomic E-state index is 0.0646. The molecule has 1 N–H and O–H groups in total. The zero-order valence-corrected chi connectivity index (χ0v) is 15.9. The van der Waals surface area contributed by atoms with E-state index in [9.17, 15) is 19.6 Å². The van der Waals surface area contributed by atoms with Gasteiger partial charge in [-0.25, -0.2) is 0 Å². The summed E-state index contributed by atoms with van der Waals surface area (Å²) in [6.07, 6.45) is 9.42. The molecule has 1 aromatic rings. The molecule has 1 saturated carbocycles. The molecule has 1 aromatic carbocycles. The van der Waals surface area contributed by atoms with E-state index in [-0.39, 0.29) is 11.9 Å². The zero-order chi connectivity index (χ0) is 19.9. The van der Waals surface area contributed by atoms with Gasteiger partial charge >= 0.3 is 0 Å². The minimum Gasteiger partial charge on any atom is -0.352 e. The lowest BCUT2D eigenvalue weighted by atomic mass is 9.94. The van der Waals surface area contributed by atoms with E-state index < -0.39 is 17.6 Å². The largest absolute Gasteiger partial charge is 0.352 e. The number of nitrogens with zero attached hydrogens (tertiary/aromatic N) is 2. The first-order chi connectivity index (χ1) is 13.6. The number of hydrogen-bond donors (Lipinski definition) is 1. The molecule has 1 heterocycles. The molecule has 2 aliphatic rings. The van der Waals surface area contributed by atoms with Crippen LogP contribution >= 0.6 is 0 Å². The average molecular weight is 379 g/mol. The minimum atomic E-state index is -1.32. The summed E-state index contributed by atoms with van der Waals surface area (Å²) in [6, 6.07) is 9.19. The van der Waals surface area contributed by atoms with Gasteiger partial charge in [0.2, 0.25) is 11.8 Å². The topological polar surface area (TPSA) is 90.3 Å². The van der Waals surface area contributed by atoms with Gasteiger partial charge in [-0.15, -0.1) is 0 Å². The third kappa shape index (κ3) is 4.86. The first-order valence-electron chi connectivity index (χ1n) is 9.91. The Morgan fingerprint density at radius 2 is 1.86 bits per heavy atom. The maximum atomic E-state index is 12.3. The van der Waals surface area contributed by atoms with E-state index in [2.05, 4.69) is 5.32 Å². The summed E-state index contributed by atoms with van der Waals surface area (Å²) in [5.41, 5.74) is 1.61. The van der Waals surface area contributed by atoms with Crippen LogP contribution in [0.25, 0.3) is 6.08 Å². The zero-order valence-electron chi connectivity index (χ0n) is 15.9. The lowest BCUT2D eigenvalue weighted by Crippen LogP contribution is -2.41. The highest BCUT2D eigenvalue weighted by Crippen LogP contribution is 2.22. The van der Waals surface area contributed by atoms with Crippen LogP contribution in [0.1, 0.15) is 50.5 Å². The van der Waals surface area contributed by atoms with Gasteiger partial charge in [-0.05, 0) is 43.0 Å². The van der Waals surface area contributed by atoms with Crippen molar-refractivity contribution in [2.24, 2.45) is 5.92 Å². The van der Waals surface area contributed by atoms with Crippen LogP contribution in [0.4, 0.5) is 5.69 Å². The molecular weight excluding hydrogens is 354 g/mol. The second-order valence-electron chi connectivity index (χ2n) is 7.38. The Bertz CT molecular complexity index is 801. The maximum absolute atomic E-state index is 12.3. The van der Waals surface area contributed by atoms with Crippen LogP contribution in [0.2, 0.25) is 0 Å². The summed E-state index contributed by atoms with van der Waals surface area (Å²) < 4.78 is 0. The maximum Gasteiger partial charge on any atom is 0.245 e. The Hall–Kier alpha value is -2.94. The summed E-state index contributed by atoms with van der Waals surface area (Å²) in [7, 11) is 0. The molecule has 1 unspecified atom stereocenters. The van der Waals surface area contributed by atoms with Crippen LogP contribution in [-0.4, -0.2) is 30.2 Å². The van der Waals surface area contributed by atoms with Crippen LogP contribution in [0.3, 0.4) is 0 Å². The Kier molecular flexibility index (Phi) is 6.59. The monoisotopic (exact) mass is 379 g/mol. The van der Waals surface area contributed by atoms with Crippen LogP contribution < -0.4 is 10.2 Å². The predicted octanol–water partition coefficient (Wildman–Crippen LogP) is 2.98. The smallest absolute Gasteiger partial charge is 0.245 e. The highest BCUT2D eigenvalue weighted by molar-refractivity contribution is 6.10. The normalized spacial score (nSPS) is 18.8. The second-order valence-corrected chi connectivity index (χ2v) is 7.38. The molecule has 1 saturated heterocycles. The molecular formula is C22H25N3O3. The van der Waals surface area contributed by atoms with Crippen molar-refractivity contribution in [3.8, 4) is 6.07 Å². The molecule has 1 aliphatic carbocycles. The van der Waals surface area contributed by atoms with Gasteiger partial charge in [0.25, 0.3) is 0 Å². The molecule has 3 rings (SSSR count). The number of allylic oxidation sites excluding steroid dienone is 1. The number of amides is 2. The van der Waals surface area contributed by atoms with Gasteiger partial charge in [0.05, 0.1) is 6.07 Å². The molecule has 0 aromatic heterocycles. The molecule has 1 atom stereocenters. The molecule has 0 spiro atoms. The SMILES string of the molecule is N#CC(C(=O)/C=C/c1ccc(N2CCCC2=O)cc1)C(=O)NC1CCCCC1. The Balaban J connectivity index is 1.58. The van der Waals surface area contributed by atoms with E-state index in [1.807, 2.05) is 30.3 Å². The molecule has 2 fully saturated rings. The van der Waals surface area contributed by atoms with E-state index in [0.717, 1.165) is 49.9 Å². The predicted molar refractivity (Wildman–Crippen MR) is 106 cm³/mol. The lowest BCUT2D eigenvalue weighted by molar-refractivity contribution is -0.130. The number of carbonyl (C=O) groups is 3. The molecule has 2 amide bonds. The van der Waals surface area contributed by atoms with Crippen molar-refractivity contribution in [1.82, 2.24) is 5.32 Å². The van der Waals surface area contributed by atoms with Crippen molar-refractivity contribution in [3.05, 3.63) is 35.9 Å². The molecule has 6 heteroatoms. The Labute approximate surface area is 165 Å².